The van der Waals surface area contributed by atoms with Crippen LogP contribution in [0.4, 0.5) is 0 Å². The van der Waals surface area contributed by atoms with E-state index >= 15 is 0 Å². The lowest BCUT2D eigenvalue weighted by Gasteiger charge is -2.05. The summed E-state index contributed by atoms with van der Waals surface area (Å²) in [6.45, 7) is 1.47. The summed E-state index contributed by atoms with van der Waals surface area (Å²) in [7, 11) is 3.47. The maximum absolute atomic E-state index is 5.41. The molecular formula is C9H14N2O2. The Kier molecular flexibility index (Phi) is 4.05. The summed E-state index contributed by atoms with van der Waals surface area (Å²) in [5, 5.41) is 2.99. The van der Waals surface area contributed by atoms with Crippen LogP contribution in [-0.4, -0.2) is 32.3 Å². The van der Waals surface area contributed by atoms with Crippen LogP contribution in [-0.2, 0) is 0 Å². The molecule has 0 fully saturated rings. The monoisotopic (exact) mass is 182 g/mol. The minimum Gasteiger partial charge on any atom is -0.492 e. The molecule has 1 aromatic rings. The first-order valence-electron chi connectivity index (χ1n) is 4.14. The molecule has 0 atom stereocenters. The fourth-order valence-corrected chi connectivity index (χ4v) is 0.864. The minimum atomic E-state index is 0.571. The molecule has 0 amide bonds. The molecule has 0 aliphatic rings. The van der Waals surface area contributed by atoms with Gasteiger partial charge in [0, 0.05) is 18.8 Å². The molecule has 4 heteroatoms. The summed E-state index contributed by atoms with van der Waals surface area (Å²) in [6.07, 6.45) is 1.66. The number of aromatic nitrogens is 1. The molecule has 0 saturated heterocycles. The molecule has 0 aromatic carbocycles. The van der Waals surface area contributed by atoms with Crippen molar-refractivity contribution in [2.75, 3.05) is 27.3 Å². The van der Waals surface area contributed by atoms with Crippen molar-refractivity contribution < 1.29 is 9.47 Å². The maximum atomic E-state index is 5.41. The fraction of sp³-hybridized carbons (Fsp3) is 0.444. The van der Waals surface area contributed by atoms with Gasteiger partial charge in [0.2, 0.25) is 5.88 Å². The van der Waals surface area contributed by atoms with Crippen LogP contribution in [0.15, 0.2) is 18.3 Å². The van der Waals surface area contributed by atoms with Crippen molar-refractivity contribution in [1.82, 2.24) is 10.3 Å². The zero-order valence-electron chi connectivity index (χ0n) is 7.91. The molecule has 1 rings (SSSR count). The molecule has 0 spiro atoms. The molecule has 0 aliphatic carbocycles. The van der Waals surface area contributed by atoms with Crippen LogP contribution in [0.3, 0.4) is 0 Å². The van der Waals surface area contributed by atoms with E-state index in [2.05, 4.69) is 10.3 Å². The third kappa shape index (κ3) is 3.29. The Labute approximate surface area is 77.9 Å². The number of hydrogen-bond donors (Lipinski definition) is 1. The molecule has 1 N–H and O–H groups in total. The second-order valence-electron chi connectivity index (χ2n) is 2.49. The van der Waals surface area contributed by atoms with Crippen molar-refractivity contribution in [3.8, 4) is 11.6 Å². The Morgan fingerprint density at radius 2 is 2.38 bits per heavy atom. The van der Waals surface area contributed by atoms with Gasteiger partial charge in [-0.15, -0.1) is 0 Å². The van der Waals surface area contributed by atoms with Gasteiger partial charge in [0.05, 0.1) is 7.11 Å². The summed E-state index contributed by atoms with van der Waals surface area (Å²) in [5.74, 6) is 1.35. The lowest BCUT2D eigenvalue weighted by molar-refractivity contribution is 0.314. The molecule has 4 nitrogen and oxygen atoms in total. The second kappa shape index (κ2) is 5.37. The maximum Gasteiger partial charge on any atom is 0.216 e. The van der Waals surface area contributed by atoms with Crippen LogP contribution in [0.25, 0.3) is 0 Å². The zero-order valence-corrected chi connectivity index (χ0v) is 7.91. The summed E-state index contributed by atoms with van der Waals surface area (Å²) in [4.78, 5) is 3.97. The molecule has 0 radical (unpaired) electrons. The molecule has 0 saturated carbocycles. The van der Waals surface area contributed by atoms with Gasteiger partial charge >= 0.3 is 0 Å². The van der Waals surface area contributed by atoms with E-state index in [4.69, 9.17) is 9.47 Å². The Balaban J connectivity index is 2.46. The van der Waals surface area contributed by atoms with E-state index in [0.717, 1.165) is 12.3 Å². The molecule has 0 aliphatic heterocycles. The first-order valence-corrected chi connectivity index (χ1v) is 4.14. The van der Waals surface area contributed by atoms with E-state index in [1.807, 2.05) is 7.05 Å². The summed E-state index contributed by atoms with van der Waals surface area (Å²) in [5.41, 5.74) is 0. The van der Waals surface area contributed by atoms with Crippen LogP contribution in [0.5, 0.6) is 11.6 Å². The van der Waals surface area contributed by atoms with E-state index in [-0.39, 0.29) is 0 Å². The smallest absolute Gasteiger partial charge is 0.216 e. The van der Waals surface area contributed by atoms with Crippen LogP contribution in [0.1, 0.15) is 0 Å². The van der Waals surface area contributed by atoms with Gasteiger partial charge in [0.15, 0.2) is 0 Å². The Hall–Kier alpha value is -1.29. The fourth-order valence-electron chi connectivity index (χ4n) is 0.864. The molecule has 1 heterocycles. The Morgan fingerprint density at radius 1 is 1.54 bits per heavy atom. The minimum absolute atomic E-state index is 0.571. The van der Waals surface area contributed by atoms with Crippen LogP contribution >= 0.6 is 0 Å². The first kappa shape index (κ1) is 9.80. The Morgan fingerprint density at radius 3 is 3.08 bits per heavy atom. The molecule has 72 valence electrons. The number of rotatable bonds is 5. The van der Waals surface area contributed by atoms with Crippen molar-refractivity contribution in [2.24, 2.45) is 0 Å². The van der Waals surface area contributed by atoms with Crippen LogP contribution in [0, 0.1) is 0 Å². The van der Waals surface area contributed by atoms with Crippen molar-refractivity contribution in [3.05, 3.63) is 18.3 Å². The van der Waals surface area contributed by atoms with Gasteiger partial charge in [-0.05, 0) is 13.1 Å². The summed E-state index contributed by atoms with van der Waals surface area (Å²) >= 11 is 0. The number of pyridine rings is 1. The van der Waals surface area contributed by atoms with Gasteiger partial charge in [0.1, 0.15) is 12.4 Å². The second-order valence-corrected chi connectivity index (χ2v) is 2.49. The normalized spacial score (nSPS) is 9.69. The molecular weight excluding hydrogens is 168 g/mol. The Bertz CT molecular complexity index is 253. The average molecular weight is 182 g/mol. The van der Waals surface area contributed by atoms with E-state index in [1.54, 1.807) is 25.4 Å². The largest absolute Gasteiger partial charge is 0.492 e. The standard InChI is InChI=1S/C9H14N2O2/c1-10-5-6-13-8-3-4-11-9(7-8)12-2/h3-4,7,10H,5-6H2,1-2H3. The number of nitrogens with zero attached hydrogens (tertiary/aromatic N) is 1. The summed E-state index contributed by atoms with van der Waals surface area (Å²) < 4.78 is 10.4. The first-order chi connectivity index (χ1) is 6.36. The topological polar surface area (TPSA) is 43.4 Å². The zero-order chi connectivity index (χ0) is 9.52. The van der Waals surface area contributed by atoms with Gasteiger partial charge in [-0.1, -0.05) is 0 Å². The lowest BCUT2D eigenvalue weighted by Crippen LogP contribution is -2.15. The number of hydrogen-bond acceptors (Lipinski definition) is 4. The van der Waals surface area contributed by atoms with Gasteiger partial charge in [-0.2, -0.15) is 0 Å². The van der Waals surface area contributed by atoms with E-state index in [0.29, 0.717) is 12.5 Å². The third-order valence-corrected chi connectivity index (χ3v) is 1.54. The number of nitrogens with one attached hydrogen (secondary N) is 1. The number of ether oxygens (including phenoxy) is 2. The highest BCUT2D eigenvalue weighted by Gasteiger charge is 1.96. The van der Waals surface area contributed by atoms with Crippen molar-refractivity contribution in [1.29, 1.82) is 0 Å². The highest BCUT2D eigenvalue weighted by Crippen LogP contribution is 2.15. The average Bonchev–Trinajstić information content (AvgIpc) is 2.19. The van der Waals surface area contributed by atoms with Crippen molar-refractivity contribution in [3.63, 3.8) is 0 Å². The molecule has 13 heavy (non-hydrogen) atoms. The molecule has 0 unspecified atom stereocenters. The van der Waals surface area contributed by atoms with Crippen molar-refractivity contribution >= 4 is 0 Å². The molecule has 0 bridgehead atoms. The van der Waals surface area contributed by atoms with E-state index in [1.165, 1.54) is 0 Å². The number of likely N-dealkylation sites (N-methyl/N-ethyl adjacent to an activating group) is 1. The van der Waals surface area contributed by atoms with Gasteiger partial charge in [-0.25, -0.2) is 4.98 Å². The van der Waals surface area contributed by atoms with Crippen LogP contribution in [0.2, 0.25) is 0 Å². The molecule has 1 aromatic heterocycles. The SMILES string of the molecule is CNCCOc1ccnc(OC)c1. The summed E-state index contributed by atoms with van der Waals surface area (Å²) in [6, 6.07) is 3.56. The highest BCUT2D eigenvalue weighted by atomic mass is 16.5. The predicted molar refractivity (Wildman–Crippen MR) is 50.2 cm³/mol. The third-order valence-electron chi connectivity index (χ3n) is 1.54. The van der Waals surface area contributed by atoms with E-state index in [9.17, 15) is 0 Å². The predicted octanol–water partition coefficient (Wildman–Crippen LogP) is 0.688. The van der Waals surface area contributed by atoms with Gasteiger partial charge in [-0.3, -0.25) is 0 Å². The van der Waals surface area contributed by atoms with Crippen molar-refractivity contribution in [2.45, 2.75) is 0 Å². The van der Waals surface area contributed by atoms with Gasteiger partial charge in [0.25, 0.3) is 0 Å². The van der Waals surface area contributed by atoms with Gasteiger partial charge < -0.3 is 14.8 Å². The highest BCUT2D eigenvalue weighted by molar-refractivity contribution is 5.25. The lowest BCUT2D eigenvalue weighted by atomic mass is 10.4. The number of methoxy groups -OCH3 is 1. The quantitative estimate of drug-likeness (QED) is 0.680. The van der Waals surface area contributed by atoms with E-state index < -0.39 is 0 Å². The van der Waals surface area contributed by atoms with Crippen LogP contribution < -0.4 is 14.8 Å².